The lowest BCUT2D eigenvalue weighted by molar-refractivity contribution is -0.126. The Kier molecular flexibility index (Phi) is 8.40. The number of amides is 1. The Balaban J connectivity index is 1.22. The van der Waals surface area contributed by atoms with Crippen molar-refractivity contribution in [1.82, 2.24) is 14.7 Å². The molecular weight excluding hydrogens is 476 g/mol. The topological polar surface area (TPSA) is 26.8 Å². The summed E-state index contributed by atoms with van der Waals surface area (Å²) in [5.41, 5.74) is 1.43. The highest BCUT2D eigenvalue weighted by Gasteiger charge is 2.37. The summed E-state index contributed by atoms with van der Waals surface area (Å²) in [6.07, 6.45) is 9.44. The Morgan fingerprint density at radius 3 is 2.33 bits per heavy atom. The van der Waals surface area contributed by atoms with E-state index in [2.05, 4.69) is 9.80 Å². The number of hydrogen-bond acceptors (Lipinski definition) is 4. The predicted molar refractivity (Wildman–Crippen MR) is 142 cm³/mol. The molecule has 5 rings (SSSR count). The van der Waals surface area contributed by atoms with Crippen LogP contribution in [-0.4, -0.2) is 65.9 Å². The minimum Gasteiger partial charge on any atom is -0.322 e. The summed E-state index contributed by atoms with van der Waals surface area (Å²) in [7, 11) is 0. The van der Waals surface area contributed by atoms with E-state index >= 15 is 0 Å². The molecule has 1 atom stereocenters. The van der Waals surface area contributed by atoms with Crippen molar-refractivity contribution in [2.45, 2.75) is 49.9 Å². The minimum absolute atomic E-state index is 0.0689. The lowest BCUT2D eigenvalue weighted by atomic mass is 9.94. The van der Waals surface area contributed by atoms with E-state index in [0.717, 1.165) is 50.7 Å². The van der Waals surface area contributed by atoms with Crippen LogP contribution in [0.25, 0.3) is 6.08 Å². The first-order chi connectivity index (χ1) is 17.6. The summed E-state index contributed by atoms with van der Waals surface area (Å²) in [5.74, 6) is -0.707. The van der Waals surface area contributed by atoms with Crippen molar-refractivity contribution < 1.29 is 13.6 Å². The second-order valence-electron chi connectivity index (χ2n) is 10.1. The van der Waals surface area contributed by atoms with E-state index < -0.39 is 0 Å². The maximum Gasteiger partial charge on any atom is 0.261 e. The normalized spacial score (nSPS) is 23.6. The van der Waals surface area contributed by atoms with E-state index in [1.54, 1.807) is 24.3 Å². The fourth-order valence-electron chi connectivity index (χ4n) is 5.72. The molecule has 2 saturated heterocycles. The average Bonchev–Trinajstić information content (AvgIpc) is 3.20. The van der Waals surface area contributed by atoms with Gasteiger partial charge in [-0.1, -0.05) is 55.3 Å². The number of halogens is 2. The van der Waals surface area contributed by atoms with Crippen molar-refractivity contribution >= 4 is 23.7 Å². The van der Waals surface area contributed by atoms with Gasteiger partial charge in [0, 0.05) is 38.8 Å². The molecule has 1 unspecified atom stereocenters. The Morgan fingerprint density at radius 1 is 0.889 bits per heavy atom. The third-order valence-electron chi connectivity index (χ3n) is 7.64. The summed E-state index contributed by atoms with van der Waals surface area (Å²) in [5, 5.41) is -0.281. The molecule has 2 aliphatic heterocycles. The molecule has 1 amide bonds. The number of carbonyl (C=O) groups excluding carboxylic acids is 1. The van der Waals surface area contributed by atoms with Crippen LogP contribution < -0.4 is 0 Å². The molecule has 0 bridgehead atoms. The summed E-state index contributed by atoms with van der Waals surface area (Å²) in [6.45, 7) is 5.99. The number of carbonyl (C=O) groups is 1. The summed E-state index contributed by atoms with van der Waals surface area (Å²) < 4.78 is 27.7. The van der Waals surface area contributed by atoms with Gasteiger partial charge in [-0.2, -0.15) is 0 Å². The van der Waals surface area contributed by atoms with Gasteiger partial charge in [0.25, 0.3) is 5.91 Å². The zero-order chi connectivity index (χ0) is 24.9. The first kappa shape index (κ1) is 25.4. The molecule has 192 valence electrons. The summed E-state index contributed by atoms with van der Waals surface area (Å²) >= 11 is 1.42. The first-order valence-corrected chi connectivity index (χ1v) is 14.1. The SMILES string of the molecule is O=C1/C(=C/c2cccc(F)c2)SC(c2cccc(F)c2)N1CCCN1CCN(C2CCCCC2)CC1. The quantitative estimate of drug-likeness (QED) is 0.431. The van der Waals surface area contributed by atoms with Crippen LogP contribution in [0.5, 0.6) is 0 Å². The molecule has 3 fully saturated rings. The lowest BCUT2D eigenvalue weighted by Crippen LogP contribution is -2.51. The highest BCUT2D eigenvalue weighted by Crippen LogP contribution is 2.46. The number of rotatable bonds is 7. The smallest absolute Gasteiger partial charge is 0.261 e. The average molecular weight is 512 g/mol. The molecule has 1 saturated carbocycles. The van der Waals surface area contributed by atoms with Gasteiger partial charge >= 0.3 is 0 Å². The van der Waals surface area contributed by atoms with Crippen LogP contribution in [0.4, 0.5) is 8.78 Å². The highest BCUT2D eigenvalue weighted by atomic mass is 32.2. The Bertz CT molecular complexity index is 1080. The second kappa shape index (κ2) is 11.9. The number of thioether (sulfide) groups is 1. The molecule has 2 aromatic rings. The molecule has 0 N–H and O–H groups in total. The van der Waals surface area contributed by atoms with E-state index in [0.29, 0.717) is 17.0 Å². The first-order valence-electron chi connectivity index (χ1n) is 13.2. The van der Waals surface area contributed by atoms with Gasteiger partial charge < -0.3 is 9.80 Å². The molecule has 36 heavy (non-hydrogen) atoms. The van der Waals surface area contributed by atoms with Gasteiger partial charge in [0.05, 0.1) is 4.91 Å². The van der Waals surface area contributed by atoms with E-state index in [-0.39, 0.29) is 22.9 Å². The monoisotopic (exact) mass is 511 g/mol. The van der Waals surface area contributed by atoms with Crippen molar-refractivity contribution in [2.24, 2.45) is 0 Å². The lowest BCUT2D eigenvalue weighted by Gasteiger charge is -2.41. The third-order valence-corrected chi connectivity index (χ3v) is 8.94. The number of hydrogen-bond donors (Lipinski definition) is 0. The zero-order valence-corrected chi connectivity index (χ0v) is 21.6. The third kappa shape index (κ3) is 6.18. The Morgan fingerprint density at radius 2 is 1.61 bits per heavy atom. The predicted octanol–water partition coefficient (Wildman–Crippen LogP) is 5.92. The molecule has 2 heterocycles. The maximum atomic E-state index is 14.0. The van der Waals surface area contributed by atoms with Crippen LogP contribution in [-0.2, 0) is 4.79 Å². The van der Waals surface area contributed by atoms with Crippen LogP contribution in [0.1, 0.15) is 55.0 Å². The van der Waals surface area contributed by atoms with Gasteiger partial charge in [-0.25, -0.2) is 8.78 Å². The second-order valence-corrected chi connectivity index (χ2v) is 11.2. The molecule has 2 aromatic carbocycles. The standard InChI is InChI=1S/C29H35F2N3OS/c30-24-9-4-7-22(19-24)20-27-28(35)34(29(36-27)23-8-5-10-25(31)21-23)14-6-13-32-15-17-33(18-16-32)26-11-2-1-3-12-26/h4-5,7-10,19-21,26,29H,1-3,6,11-18H2/b27-20-. The van der Waals surface area contributed by atoms with Crippen molar-refractivity contribution in [3.63, 3.8) is 0 Å². The largest absolute Gasteiger partial charge is 0.322 e. The van der Waals surface area contributed by atoms with E-state index in [4.69, 9.17) is 0 Å². The molecule has 4 nitrogen and oxygen atoms in total. The van der Waals surface area contributed by atoms with E-state index in [1.165, 1.54) is 68.1 Å². The number of benzene rings is 2. The van der Waals surface area contributed by atoms with Crippen LogP contribution in [0.3, 0.4) is 0 Å². The maximum absolute atomic E-state index is 14.0. The van der Waals surface area contributed by atoms with E-state index in [9.17, 15) is 13.6 Å². The molecule has 7 heteroatoms. The number of piperazine rings is 1. The van der Waals surface area contributed by atoms with Gasteiger partial charge in [-0.3, -0.25) is 9.69 Å². The van der Waals surface area contributed by atoms with E-state index in [1.807, 2.05) is 11.0 Å². The Hall–Kier alpha value is -2.22. The Labute approximate surface area is 217 Å². The molecule has 1 aliphatic carbocycles. The molecular formula is C29H35F2N3OS. The van der Waals surface area contributed by atoms with Crippen LogP contribution in [0, 0.1) is 11.6 Å². The zero-order valence-electron chi connectivity index (χ0n) is 20.8. The fourth-order valence-corrected chi connectivity index (χ4v) is 6.99. The molecule has 3 aliphatic rings. The molecule has 0 aromatic heterocycles. The molecule has 0 spiro atoms. The van der Waals surface area contributed by atoms with Gasteiger partial charge in [-0.15, -0.1) is 0 Å². The van der Waals surface area contributed by atoms with Crippen LogP contribution in [0.15, 0.2) is 53.4 Å². The highest BCUT2D eigenvalue weighted by molar-refractivity contribution is 8.04. The van der Waals surface area contributed by atoms with Gasteiger partial charge in [-0.05, 0) is 67.3 Å². The van der Waals surface area contributed by atoms with Gasteiger partial charge in [0.15, 0.2) is 0 Å². The summed E-state index contributed by atoms with van der Waals surface area (Å²) in [6, 6.07) is 13.5. The van der Waals surface area contributed by atoms with Crippen LogP contribution >= 0.6 is 11.8 Å². The van der Waals surface area contributed by atoms with Crippen molar-refractivity contribution in [3.05, 3.63) is 76.2 Å². The van der Waals surface area contributed by atoms with Crippen molar-refractivity contribution in [3.8, 4) is 0 Å². The number of nitrogens with zero attached hydrogens (tertiary/aromatic N) is 3. The van der Waals surface area contributed by atoms with Crippen molar-refractivity contribution in [1.29, 1.82) is 0 Å². The van der Waals surface area contributed by atoms with Gasteiger partial charge in [0.1, 0.15) is 17.0 Å². The van der Waals surface area contributed by atoms with Crippen LogP contribution in [0.2, 0.25) is 0 Å². The summed E-state index contributed by atoms with van der Waals surface area (Å²) in [4.78, 5) is 21.0. The minimum atomic E-state index is -0.332. The molecule has 0 radical (unpaired) electrons. The van der Waals surface area contributed by atoms with Gasteiger partial charge in [0.2, 0.25) is 0 Å². The van der Waals surface area contributed by atoms with Crippen molar-refractivity contribution in [2.75, 3.05) is 39.3 Å². The fraction of sp³-hybridized carbons (Fsp3) is 0.483.